The Morgan fingerprint density at radius 2 is 1.85 bits per heavy atom. The van der Waals surface area contributed by atoms with E-state index < -0.39 is 0 Å². The van der Waals surface area contributed by atoms with Crippen molar-refractivity contribution in [2.24, 2.45) is 4.99 Å². The minimum absolute atomic E-state index is 0.0793. The van der Waals surface area contributed by atoms with Gasteiger partial charge in [0.15, 0.2) is 0 Å². The maximum absolute atomic E-state index is 11.2. The fourth-order valence-corrected chi connectivity index (χ4v) is 3.72. The van der Waals surface area contributed by atoms with Crippen LogP contribution in [0.4, 0.5) is 17.1 Å². The molecule has 2 heterocycles. The van der Waals surface area contributed by atoms with Crippen LogP contribution in [0.1, 0.15) is 22.9 Å². The van der Waals surface area contributed by atoms with Gasteiger partial charge in [-0.2, -0.15) is 0 Å². The van der Waals surface area contributed by atoms with Crippen LogP contribution >= 0.6 is 11.3 Å². The van der Waals surface area contributed by atoms with Crippen molar-refractivity contribution in [3.8, 4) is 0 Å². The summed E-state index contributed by atoms with van der Waals surface area (Å²) in [6.45, 7) is 5.60. The number of thiophene rings is 1. The summed E-state index contributed by atoms with van der Waals surface area (Å²) < 4.78 is 0. The van der Waals surface area contributed by atoms with Gasteiger partial charge in [-0.05, 0) is 46.8 Å². The van der Waals surface area contributed by atoms with Crippen LogP contribution in [0.15, 0.2) is 71.5 Å². The lowest BCUT2D eigenvalue weighted by molar-refractivity contribution is -0.114. The molecule has 4 nitrogen and oxygen atoms in total. The van der Waals surface area contributed by atoms with Crippen molar-refractivity contribution in [1.29, 1.82) is 0 Å². The quantitative estimate of drug-likeness (QED) is 0.623. The summed E-state index contributed by atoms with van der Waals surface area (Å²) in [4.78, 5) is 17.1. The summed E-state index contributed by atoms with van der Waals surface area (Å²) in [5, 5.41) is 8.18. The van der Waals surface area contributed by atoms with Crippen LogP contribution in [0, 0.1) is 0 Å². The molecule has 0 bridgehead atoms. The molecule has 0 radical (unpaired) electrons. The van der Waals surface area contributed by atoms with Crippen molar-refractivity contribution >= 4 is 45.7 Å². The monoisotopic (exact) mass is 373 g/mol. The minimum Gasteiger partial charge on any atom is -0.355 e. The largest absolute Gasteiger partial charge is 0.355 e. The van der Waals surface area contributed by atoms with Gasteiger partial charge in [0, 0.05) is 35.3 Å². The zero-order valence-corrected chi connectivity index (χ0v) is 15.8. The van der Waals surface area contributed by atoms with Crippen molar-refractivity contribution in [3.05, 3.63) is 82.6 Å². The number of carbonyl (C=O) groups excluding carboxylic acids is 1. The molecular weight excluding hydrogens is 354 g/mol. The Hall–Kier alpha value is -3.18. The predicted octanol–water partition coefficient (Wildman–Crippen LogP) is 5.47. The standard InChI is InChI=1S/C22H19N3OS/c1-14(22-4-3-11-27-22)23-18-8-5-16(6-9-18)20-12-17-7-10-19(24-15(2)26)13-21(17)25-20/h3-11,13,23H,1,12H2,2H3,(H,24,26). The van der Waals surface area contributed by atoms with Crippen LogP contribution in [0.3, 0.4) is 0 Å². The maximum atomic E-state index is 11.2. The molecule has 0 unspecified atom stereocenters. The van der Waals surface area contributed by atoms with Gasteiger partial charge in [0.25, 0.3) is 0 Å². The Morgan fingerprint density at radius 3 is 2.56 bits per heavy atom. The highest BCUT2D eigenvalue weighted by atomic mass is 32.1. The molecule has 2 N–H and O–H groups in total. The first-order valence-corrected chi connectivity index (χ1v) is 9.55. The average Bonchev–Trinajstić information content (AvgIpc) is 3.31. The summed E-state index contributed by atoms with van der Waals surface area (Å²) in [5.74, 6) is -0.0793. The molecule has 2 aromatic carbocycles. The van der Waals surface area contributed by atoms with Crippen molar-refractivity contribution < 1.29 is 4.79 Å². The van der Waals surface area contributed by atoms with E-state index >= 15 is 0 Å². The molecule has 3 aromatic rings. The topological polar surface area (TPSA) is 53.5 Å². The number of hydrogen-bond donors (Lipinski definition) is 2. The van der Waals surface area contributed by atoms with E-state index in [9.17, 15) is 4.79 Å². The number of rotatable bonds is 5. The fourth-order valence-electron chi connectivity index (χ4n) is 3.06. The Balaban J connectivity index is 1.49. The van der Waals surface area contributed by atoms with Crippen molar-refractivity contribution in [1.82, 2.24) is 0 Å². The van der Waals surface area contributed by atoms with Crippen LogP contribution in [0.2, 0.25) is 0 Å². The second-order valence-corrected chi connectivity index (χ2v) is 7.37. The second kappa shape index (κ2) is 7.21. The maximum Gasteiger partial charge on any atom is 0.221 e. The molecule has 0 saturated heterocycles. The van der Waals surface area contributed by atoms with E-state index in [1.54, 1.807) is 11.3 Å². The number of hydrogen-bond acceptors (Lipinski definition) is 4. The zero-order valence-electron chi connectivity index (χ0n) is 15.0. The predicted molar refractivity (Wildman–Crippen MR) is 114 cm³/mol. The third kappa shape index (κ3) is 3.83. The molecule has 0 atom stereocenters. The molecule has 0 spiro atoms. The number of benzene rings is 2. The van der Waals surface area contributed by atoms with Gasteiger partial charge in [-0.15, -0.1) is 11.3 Å². The molecule has 1 aliphatic heterocycles. The molecule has 0 aliphatic carbocycles. The van der Waals surface area contributed by atoms with Gasteiger partial charge in [-0.25, -0.2) is 0 Å². The number of nitrogens with zero attached hydrogens (tertiary/aromatic N) is 1. The van der Waals surface area contributed by atoms with Gasteiger partial charge in [0.1, 0.15) is 0 Å². The Morgan fingerprint density at radius 1 is 1.07 bits per heavy atom. The molecule has 5 heteroatoms. The smallest absolute Gasteiger partial charge is 0.221 e. The van der Waals surface area contributed by atoms with Gasteiger partial charge >= 0.3 is 0 Å². The number of aliphatic imine (C=N–C) groups is 1. The Labute approximate surface area is 162 Å². The van der Waals surface area contributed by atoms with E-state index in [-0.39, 0.29) is 5.91 Å². The average molecular weight is 373 g/mol. The minimum atomic E-state index is -0.0793. The molecule has 0 saturated carbocycles. The lowest BCUT2D eigenvalue weighted by atomic mass is 10.0. The molecule has 1 aliphatic rings. The molecule has 1 amide bonds. The highest BCUT2D eigenvalue weighted by molar-refractivity contribution is 7.11. The zero-order chi connectivity index (χ0) is 18.8. The van der Waals surface area contributed by atoms with Gasteiger partial charge in [-0.3, -0.25) is 9.79 Å². The van der Waals surface area contributed by atoms with Crippen molar-refractivity contribution in [2.45, 2.75) is 13.3 Å². The van der Waals surface area contributed by atoms with Crippen LogP contribution in [0.25, 0.3) is 5.70 Å². The summed E-state index contributed by atoms with van der Waals surface area (Å²) >= 11 is 1.66. The number of nitrogens with one attached hydrogen (secondary N) is 2. The molecule has 1 aromatic heterocycles. The highest BCUT2D eigenvalue weighted by Gasteiger charge is 2.16. The Kier molecular flexibility index (Phi) is 4.60. The van der Waals surface area contributed by atoms with Crippen LogP contribution < -0.4 is 10.6 Å². The third-order valence-corrected chi connectivity index (χ3v) is 5.28. The summed E-state index contributed by atoms with van der Waals surface area (Å²) in [5.41, 5.74) is 6.90. The van der Waals surface area contributed by atoms with Gasteiger partial charge < -0.3 is 10.6 Å². The van der Waals surface area contributed by atoms with Gasteiger partial charge in [0.05, 0.1) is 11.4 Å². The van der Waals surface area contributed by atoms with Crippen LogP contribution in [-0.2, 0) is 11.2 Å². The summed E-state index contributed by atoms with van der Waals surface area (Å²) in [6, 6.07) is 18.2. The van der Waals surface area contributed by atoms with E-state index in [0.29, 0.717) is 0 Å². The van der Waals surface area contributed by atoms with E-state index in [4.69, 9.17) is 4.99 Å². The summed E-state index contributed by atoms with van der Waals surface area (Å²) in [6.07, 6.45) is 0.796. The SMILES string of the molecule is C=C(Nc1ccc(C2=Nc3cc(NC(C)=O)ccc3C2)cc1)c1cccs1. The van der Waals surface area contributed by atoms with E-state index in [0.717, 1.165) is 45.3 Å². The second-order valence-electron chi connectivity index (χ2n) is 6.42. The first-order valence-electron chi connectivity index (χ1n) is 8.67. The van der Waals surface area contributed by atoms with Gasteiger partial charge in [0.2, 0.25) is 5.91 Å². The van der Waals surface area contributed by atoms with Gasteiger partial charge in [-0.1, -0.05) is 30.8 Å². The molecule has 4 rings (SSSR count). The number of anilines is 2. The third-order valence-electron chi connectivity index (χ3n) is 4.35. The first-order chi connectivity index (χ1) is 13.1. The number of fused-ring (bicyclic) bond motifs is 1. The van der Waals surface area contributed by atoms with Crippen molar-refractivity contribution in [2.75, 3.05) is 10.6 Å². The normalized spacial score (nSPS) is 12.3. The lowest BCUT2D eigenvalue weighted by Crippen LogP contribution is -2.05. The van der Waals surface area contributed by atoms with Crippen LogP contribution in [-0.4, -0.2) is 11.6 Å². The van der Waals surface area contributed by atoms with E-state index in [2.05, 4.69) is 29.3 Å². The number of amides is 1. The first kappa shape index (κ1) is 17.2. The molecule has 0 fully saturated rings. The molecule has 27 heavy (non-hydrogen) atoms. The van der Waals surface area contributed by atoms with E-state index in [1.807, 2.05) is 47.8 Å². The Bertz CT molecular complexity index is 1030. The molecular formula is C22H19N3OS. The number of carbonyl (C=O) groups is 1. The van der Waals surface area contributed by atoms with E-state index in [1.165, 1.54) is 12.5 Å². The highest BCUT2D eigenvalue weighted by Crippen LogP contribution is 2.32. The lowest BCUT2D eigenvalue weighted by Gasteiger charge is -2.09. The van der Waals surface area contributed by atoms with Crippen LogP contribution in [0.5, 0.6) is 0 Å². The fraction of sp³-hybridized carbons (Fsp3) is 0.0909. The summed E-state index contributed by atoms with van der Waals surface area (Å²) in [7, 11) is 0. The molecule has 134 valence electrons. The van der Waals surface area contributed by atoms with Crippen molar-refractivity contribution in [3.63, 3.8) is 0 Å².